The Bertz CT molecular complexity index is 661. The van der Waals surface area contributed by atoms with Crippen LogP contribution in [0.4, 0.5) is 0 Å². The van der Waals surface area contributed by atoms with Crippen molar-refractivity contribution in [2.45, 2.75) is 6.54 Å². The molecule has 22 heavy (non-hydrogen) atoms. The van der Waals surface area contributed by atoms with Gasteiger partial charge in [-0.15, -0.1) is 0 Å². The first-order valence-corrected chi connectivity index (χ1v) is 6.96. The number of hydrogen-bond donors (Lipinski definition) is 3. The zero-order chi connectivity index (χ0) is 16.1. The number of benzene rings is 2. The van der Waals surface area contributed by atoms with E-state index in [-0.39, 0.29) is 16.4 Å². The van der Waals surface area contributed by atoms with E-state index >= 15 is 0 Å². The van der Waals surface area contributed by atoms with E-state index in [0.717, 1.165) is 11.3 Å². The molecule has 0 fully saturated rings. The van der Waals surface area contributed by atoms with Crippen LogP contribution in [0, 0.1) is 0 Å². The summed E-state index contributed by atoms with van der Waals surface area (Å²) >= 11 is 5.91. The van der Waals surface area contributed by atoms with E-state index in [1.807, 2.05) is 24.3 Å². The fraction of sp³-hybridized carbons (Fsp3) is 0.133. The maximum absolute atomic E-state index is 12.1. The summed E-state index contributed by atoms with van der Waals surface area (Å²) < 4.78 is 5.06. The highest BCUT2D eigenvalue weighted by atomic mass is 35.5. The van der Waals surface area contributed by atoms with Gasteiger partial charge in [0.15, 0.2) is 0 Å². The number of carbonyl (C=O) groups excluding carboxylic acids is 1. The summed E-state index contributed by atoms with van der Waals surface area (Å²) in [6.45, 7) is 0.366. The first-order chi connectivity index (χ1) is 10.5. The molecule has 0 spiro atoms. The van der Waals surface area contributed by atoms with Crippen LogP contribution < -0.4 is 15.5 Å². The average molecular weight is 320 g/mol. The van der Waals surface area contributed by atoms with Gasteiger partial charge in [-0.25, -0.2) is 0 Å². The van der Waals surface area contributed by atoms with Gasteiger partial charge in [0.2, 0.25) is 0 Å². The molecule has 3 N–H and O–H groups in total. The number of halogens is 1. The van der Waals surface area contributed by atoms with Gasteiger partial charge in [-0.1, -0.05) is 29.8 Å². The summed E-state index contributed by atoms with van der Waals surface area (Å²) in [5.74, 6) is 0.455. The lowest BCUT2D eigenvalue weighted by Gasteiger charge is -2.08. The number of hydrogen-bond acceptors (Lipinski definition) is 4. The number of carbonyl (C=O) groups is 1. The summed E-state index contributed by atoms with van der Waals surface area (Å²) in [7, 11) is -0.0723. The second-order valence-electron chi connectivity index (χ2n) is 4.64. The lowest BCUT2D eigenvalue weighted by atomic mass is 9.80. The van der Waals surface area contributed by atoms with E-state index in [4.69, 9.17) is 26.4 Å². The Labute approximate surface area is 133 Å². The molecule has 5 nitrogen and oxygen atoms in total. The van der Waals surface area contributed by atoms with Crippen LogP contribution in [-0.2, 0) is 6.54 Å². The molecular formula is C15H15BClNO4. The molecule has 2 aromatic carbocycles. The molecule has 0 saturated carbocycles. The van der Waals surface area contributed by atoms with E-state index in [9.17, 15) is 4.79 Å². The average Bonchev–Trinajstić information content (AvgIpc) is 2.52. The first-order valence-electron chi connectivity index (χ1n) is 6.58. The summed E-state index contributed by atoms with van der Waals surface area (Å²) in [5, 5.41) is 21.1. The fourth-order valence-corrected chi connectivity index (χ4v) is 2.18. The van der Waals surface area contributed by atoms with Gasteiger partial charge in [-0.05, 0) is 29.8 Å². The van der Waals surface area contributed by atoms with Crippen molar-refractivity contribution in [1.82, 2.24) is 5.32 Å². The Balaban J connectivity index is 2.01. The highest BCUT2D eigenvalue weighted by Gasteiger charge is 2.16. The van der Waals surface area contributed by atoms with Crippen molar-refractivity contribution >= 4 is 30.1 Å². The third-order valence-corrected chi connectivity index (χ3v) is 3.48. The molecule has 0 unspecified atom stereocenters. The Morgan fingerprint density at radius 3 is 2.45 bits per heavy atom. The van der Waals surface area contributed by atoms with Crippen molar-refractivity contribution in [3.8, 4) is 5.75 Å². The molecule has 1 amide bonds. The highest BCUT2D eigenvalue weighted by molar-refractivity contribution is 6.62. The molecule has 7 heteroatoms. The van der Waals surface area contributed by atoms with Gasteiger partial charge in [0, 0.05) is 22.6 Å². The minimum atomic E-state index is -1.66. The van der Waals surface area contributed by atoms with E-state index in [0.29, 0.717) is 12.1 Å². The maximum Gasteiger partial charge on any atom is 0.489 e. The lowest BCUT2D eigenvalue weighted by Crippen LogP contribution is -2.31. The molecular weight excluding hydrogens is 304 g/mol. The van der Waals surface area contributed by atoms with Crippen LogP contribution in [0.3, 0.4) is 0 Å². The highest BCUT2D eigenvalue weighted by Crippen LogP contribution is 2.12. The standard InChI is InChI=1S/C15H15BClNO4/c1-22-12-5-2-10(3-6-12)9-18-15(19)11-4-7-13(16(20)21)14(17)8-11/h2-8,20-21H,9H2,1H3,(H,18,19). The van der Waals surface area contributed by atoms with Crippen molar-refractivity contribution in [3.05, 3.63) is 58.6 Å². The van der Waals surface area contributed by atoms with E-state index in [1.165, 1.54) is 18.2 Å². The minimum Gasteiger partial charge on any atom is -0.497 e. The molecule has 0 aromatic heterocycles. The SMILES string of the molecule is COc1ccc(CNC(=O)c2ccc(B(O)O)c(Cl)c2)cc1. The zero-order valence-electron chi connectivity index (χ0n) is 11.9. The molecule has 0 aliphatic rings. The molecule has 0 radical (unpaired) electrons. The van der Waals surface area contributed by atoms with Crippen molar-refractivity contribution in [1.29, 1.82) is 0 Å². The predicted octanol–water partition coefficient (Wildman–Crippen LogP) is 0.958. The normalized spacial score (nSPS) is 10.2. The van der Waals surface area contributed by atoms with Gasteiger partial charge in [0.25, 0.3) is 5.91 Å². The maximum atomic E-state index is 12.1. The van der Waals surface area contributed by atoms with E-state index < -0.39 is 7.12 Å². The van der Waals surface area contributed by atoms with E-state index in [1.54, 1.807) is 7.11 Å². The second kappa shape index (κ2) is 7.31. The Kier molecular flexibility index (Phi) is 5.43. The molecule has 0 atom stereocenters. The Hall–Kier alpha value is -2.02. The predicted molar refractivity (Wildman–Crippen MR) is 85.4 cm³/mol. The van der Waals surface area contributed by atoms with Crippen LogP contribution in [0.25, 0.3) is 0 Å². The number of amides is 1. The third kappa shape index (κ3) is 4.01. The van der Waals surface area contributed by atoms with Crippen molar-refractivity contribution < 1.29 is 19.6 Å². The molecule has 0 heterocycles. The van der Waals surface area contributed by atoms with Gasteiger partial charge in [-0.2, -0.15) is 0 Å². The Morgan fingerprint density at radius 1 is 1.23 bits per heavy atom. The van der Waals surface area contributed by atoms with Crippen molar-refractivity contribution in [3.63, 3.8) is 0 Å². The quantitative estimate of drug-likeness (QED) is 0.717. The third-order valence-electron chi connectivity index (χ3n) is 3.15. The van der Waals surface area contributed by atoms with Crippen LogP contribution in [0.5, 0.6) is 5.75 Å². The zero-order valence-corrected chi connectivity index (χ0v) is 12.7. The van der Waals surface area contributed by atoms with Crippen LogP contribution in [0.2, 0.25) is 5.02 Å². The van der Waals surface area contributed by atoms with Gasteiger partial charge in [0.05, 0.1) is 7.11 Å². The van der Waals surface area contributed by atoms with Gasteiger partial charge < -0.3 is 20.1 Å². The summed E-state index contributed by atoms with van der Waals surface area (Å²) in [5.41, 5.74) is 1.44. The molecule has 2 aromatic rings. The minimum absolute atomic E-state index is 0.132. The van der Waals surface area contributed by atoms with Crippen LogP contribution >= 0.6 is 11.6 Å². The summed E-state index contributed by atoms with van der Waals surface area (Å²) in [6, 6.07) is 11.7. The van der Waals surface area contributed by atoms with Gasteiger partial charge in [-0.3, -0.25) is 4.79 Å². The topological polar surface area (TPSA) is 78.8 Å². The first kappa shape index (κ1) is 16.4. The molecule has 0 saturated heterocycles. The van der Waals surface area contributed by atoms with Crippen molar-refractivity contribution in [2.75, 3.05) is 7.11 Å². The molecule has 0 aliphatic carbocycles. The van der Waals surface area contributed by atoms with Crippen LogP contribution in [-0.4, -0.2) is 30.2 Å². The van der Waals surface area contributed by atoms with Gasteiger partial charge >= 0.3 is 7.12 Å². The van der Waals surface area contributed by atoms with Crippen LogP contribution in [0.15, 0.2) is 42.5 Å². The number of ether oxygens (including phenoxy) is 1. The molecule has 2 rings (SSSR count). The summed E-state index contributed by atoms with van der Waals surface area (Å²) in [4.78, 5) is 12.1. The number of methoxy groups -OCH3 is 1. The van der Waals surface area contributed by atoms with Crippen LogP contribution in [0.1, 0.15) is 15.9 Å². The molecule has 0 aliphatic heterocycles. The smallest absolute Gasteiger partial charge is 0.489 e. The second-order valence-corrected chi connectivity index (χ2v) is 5.05. The lowest BCUT2D eigenvalue weighted by molar-refractivity contribution is 0.0951. The fourth-order valence-electron chi connectivity index (χ4n) is 1.91. The van der Waals surface area contributed by atoms with Crippen molar-refractivity contribution in [2.24, 2.45) is 0 Å². The molecule has 0 bridgehead atoms. The van der Waals surface area contributed by atoms with Gasteiger partial charge in [0.1, 0.15) is 5.75 Å². The van der Waals surface area contributed by atoms with E-state index in [2.05, 4.69) is 5.32 Å². The summed E-state index contributed by atoms with van der Waals surface area (Å²) in [6.07, 6.45) is 0. The largest absolute Gasteiger partial charge is 0.497 e. The molecule has 114 valence electrons. The Morgan fingerprint density at radius 2 is 1.91 bits per heavy atom. The monoisotopic (exact) mass is 319 g/mol. The number of rotatable bonds is 5. The number of nitrogens with one attached hydrogen (secondary N) is 1.